The van der Waals surface area contributed by atoms with Crippen LogP contribution in [0.2, 0.25) is 0 Å². The second-order valence-electron chi connectivity index (χ2n) is 4.48. The largest absolute Gasteiger partial charge is 0.320 e. The van der Waals surface area contributed by atoms with Gasteiger partial charge in [-0.2, -0.15) is 0 Å². The Balaban J connectivity index is 2.65. The lowest BCUT2D eigenvalue weighted by molar-refractivity contribution is -0.119. The molecule has 94 valence electrons. The van der Waals surface area contributed by atoms with Crippen molar-refractivity contribution in [2.45, 2.75) is 39.2 Å². The maximum atomic E-state index is 12.0. The summed E-state index contributed by atoms with van der Waals surface area (Å²) >= 11 is 0. The van der Waals surface area contributed by atoms with Crippen LogP contribution in [-0.4, -0.2) is 19.0 Å². The van der Waals surface area contributed by atoms with Crippen LogP contribution >= 0.6 is 0 Å². The zero-order chi connectivity index (χ0) is 12.8. The molecule has 1 aromatic rings. The third kappa shape index (κ3) is 3.86. The number of amides is 1. The molecule has 0 aliphatic carbocycles. The molecule has 2 N–H and O–H groups in total. The van der Waals surface area contributed by atoms with E-state index in [1.165, 1.54) is 5.56 Å². The monoisotopic (exact) mass is 234 g/mol. The fourth-order valence-electron chi connectivity index (χ4n) is 1.69. The molecule has 0 saturated heterocycles. The minimum atomic E-state index is -0.388. The molecule has 0 fully saturated rings. The lowest BCUT2D eigenvalue weighted by Crippen LogP contribution is -2.41. The van der Waals surface area contributed by atoms with E-state index in [0.29, 0.717) is 0 Å². The van der Waals surface area contributed by atoms with E-state index in [1.807, 2.05) is 31.2 Å². The summed E-state index contributed by atoms with van der Waals surface area (Å²) in [5, 5.41) is 0. The zero-order valence-corrected chi connectivity index (χ0v) is 10.9. The number of nitrogens with two attached hydrogens (primary N) is 1. The van der Waals surface area contributed by atoms with Crippen molar-refractivity contribution in [3.8, 4) is 0 Å². The van der Waals surface area contributed by atoms with Crippen LogP contribution in [0.15, 0.2) is 24.3 Å². The molecular weight excluding hydrogens is 212 g/mol. The van der Waals surface area contributed by atoms with Gasteiger partial charge in [0.1, 0.15) is 0 Å². The Kier molecular flexibility index (Phi) is 5.16. The van der Waals surface area contributed by atoms with Gasteiger partial charge in [0.05, 0.1) is 6.04 Å². The number of hydrogen-bond acceptors (Lipinski definition) is 2. The van der Waals surface area contributed by atoms with Gasteiger partial charge in [0.2, 0.25) is 5.91 Å². The predicted molar refractivity (Wildman–Crippen MR) is 72.1 cm³/mol. The number of nitrogens with zero attached hydrogens (tertiary/aromatic N) is 1. The molecule has 0 aliphatic rings. The first-order valence-electron chi connectivity index (χ1n) is 6.16. The number of carbonyl (C=O) groups excluding carboxylic acids is 1. The zero-order valence-electron chi connectivity index (χ0n) is 10.9. The fraction of sp³-hybridized carbons (Fsp3) is 0.500. The van der Waals surface area contributed by atoms with Gasteiger partial charge in [-0.3, -0.25) is 4.79 Å². The number of rotatable bonds is 5. The van der Waals surface area contributed by atoms with Crippen molar-refractivity contribution in [3.05, 3.63) is 29.8 Å². The number of hydrogen-bond donors (Lipinski definition) is 1. The molecule has 0 heterocycles. The van der Waals surface area contributed by atoms with E-state index in [0.717, 1.165) is 24.9 Å². The van der Waals surface area contributed by atoms with E-state index in [2.05, 4.69) is 6.92 Å². The second kappa shape index (κ2) is 6.40. The van der Waals surface area contributed by atoms with Gasteiger partial charge in [-0.25, -0.2) is 0 Å². The van der Waals surface area contributed by atoms with Crippen molar-refractivity contribution in [2.75, 3.05) is 11.9 Å². The Labute approximate surface area is 104 Å². The average molecular weight is 234 g/mol. The van der Waals surface area contributed by atoms with Crippen molar-refractivity contribution in [3.63, 3.8) is 0 Å². The molecular formula is C14H22N2O. The van der Waals surface area contributed by atoms with Gasteiger partial charge in [-0.15, -0.1) is 0 Å². The molecule has 1 atom stereocenters. The molecule has 1 unspecified atom stereocenters. The van der Waals surface area contributed by atoms with Gasteiger partial charge in [0.25, 0.3) is 0 Å². The molecule has 1 aromatic carbocycles. The molecule has 0 radical (unpaired) electrons. The van der Waals surface area contributed by atoms with Crippen LogP contribution in [0.4, 0.5) is 5.69 Å². The van der Waals surface area contributed by atoms with E-state index >= 15 is 0 Å². The van der Waals surface area contributed by atoms with Crippen LogP contribution in [0, 0.1) is 6.92 Å². The smallest absolute Gasteiger partial charge is 0.243 e. The SMILES string of the molecule is CCCCC(N)C(=O)N(C)c1ccc(C)cc1. The summed E-state index contributed by atoms with van der Waals surface area (Å²) in [6, 6.07) is 7.49. The lowest BCUT2D eigenvalue weighted by Gasteiger charge is -2.21. The summed E-state index contributed by atoms with van der Waals surface area (Å²) in [6.07, 6.45) is 2.81. The highest BCUT2D eigenvalue weighted by atomic mass is 16.2. The number of aryl methyl sites for hydroxylation is 1. The summed E-state index contributed by atoms with van der Waals surface area (Å²) in [5.74, 6) is -0.0118. The Morgan fingerprint density at radius 3 is 2.47 bits per heavy atom. The van der Waals surface area contributed by atoms with Gasteiger partial charge in [-0.1, -0.05) is 37.5 Å². The minimum Gasteiger partial charge on any atom is -0.320 e. The lowest BCUT2D eigenvalue weighted by atomic mass is 10.1. The van der Waals surface area contributed by atoms with E-state index in [1.54, 1.807) is 11.9 Å². The Hall–Kier alpha value is -1.35. The summed E-state index contributed by atoms with van der Waals surface area (Å²) in [4.78, 5) is 13.7. The highest BCUT2D eigenvalue weighted by Gasteiger charge is 2.18. The quantitative estimate of drug-likeness (QED) is 0.850. The molecule has 0 saturated carbocycles. The van der Waals surface area contributed by atoms with Gasteiger partial charge in [0.15, 0.2) is 0 Å². The highest BCUT2D eigenvalue weighted by Crippen LogP contribution is 2.15. The Morgan fingerprint density at radius 2 is 1.94 bits per heavy atom. The Bertz CT molecular complexity index is 359. The Morgan fingerprint density at radius 1 is 1.35 bits per heavy atom. The van der Waals surface area contributed by atoms with Crippen molar-refractivity contribution in [1.82, 2.24) is 0 Å². The number of unbranched alkanes of at least 4 members (excludes halogenated alkanes) is 1. The van der Waals surface area contributed by atoms with E-state index in [-0.39, 0.29) is 11.9 Å². The molecule has 0 bridgehead atoms. The molecule has 1 amide bonds. The number of anilines is 1. The first-order chi connectivity index (χ1) is 8.06. The van der Waals surface area contributed by atoms with Crippen LogP contribution in [0.1, 0.15) is 31.7 Å². The summed E-state index contributed by atoms with van der Waals surface area (Å²) < 4.78 is 0. The van der Waals surface area contributed by atoms with Crippen molar-refractivity contribution >= 4 is 11.6 Å². The van der Waals surface area contributed by atoms with Crippen LogP contribution in [0.5, 0.6) is 0 Å². The number of likely N-dealkylation sites (N-methyl/N-ethyl adjacent to an activating group) is 1. The highest BCUT2D eigenvalue weighted by molar-refractivity contribution is 5.96. The van der Waals surface area contributed by atoms with E-state index in [9.17, 15) is 4.79 Å². The molecule has 3 heteroatoms. The van der Waals surface area contributed by atoms with E-state index in [4.69, 9.17) is 5.73 Å². The van der Waals surface area contributed by atoms with Gasteiger partial charge in [0, 0.05) is 12.7 Å². The van der Waals surface area contributed by atoms with E-state index < -0.39 is 0 Å². The van der Waals surface area contributed by atoms with Crippen molar-refractivity contribution in [2.24, 2.45) is 5.73 Å². The average Bonchev–Trinajstić information content (AvgIpc) is 2.35. The first-order valence-corrected chi connectivity index (χ1v) is 6.16. The number of benzene rings is 1. The van der Waals surface area contributed by atoms with Crippen LogP contribution in [0.3, 0.4) is 0 Å². The van der Waals surface area contributed by atoms with Crippen LogP contribution < -0.4 is 10.6 Å². The predicted octanol–water partition coefficient (Wildman–Crippen LogP) is 2.48. The maximum absolute atomic E-state index is 12.0. The normalized spacial score (nSPS) is 12.2. The van der Waals surface area contributed by atoms with Gasteiger partial charge < -0.3 is 10.6 Å². The molecule has 0 aromatic heterocycles. The van der Waals surface area contributed by atoms with Crippen LogP contribution in [-0.2, 0) is 4.79 Å². The second-order valence-corrected chi connectivity index (χ2v) is 4.48. The number of carbonyl (C=O) groups is 1. The molecule has 1 rings (SSSR count). The first kappa shape index (κ1) is 13.7. The van der Waals surface area contributed by atoms with Gasteiger partial charge >= 0.3 is 0 Å². The third-order valence-electron chi connectivity index (χ3n) is 2.94. The summed E-state index contributed by atoms with van der Waals surface area (Å²) in [6.45, 7) is 4.12. The maximum Gasteiger partial charge on any atom is 0.243 e. The molecule has 17 heavy (non-hydrogen) atoms. The standard InChI is InChI=1S/C14H22N2O/c1-4-5-6-13(15)14(17)16(3)12-9-7-11(2)8-10-12/h7-10,13H,4-6,15H2,1-3H3. The van der Waals surface area contributed by atoms with Gasteiger partial charge in [-0.05, 0) is 25.5 Å². The summed E-state index contributed by atoms with van der Waals surface area (Å²) in [7, 11) is 1.78. The minimum absolute atomic E-state index is 0.0118. The summed E-state index contributed by atoms with van der Waals surface area (Å²) in [5.41, 5.74) is 7.96. The topological polar surface area (TPSA) is 46.3 Å². The van der Waals surface area contributed by atoms with Crippen molar-refractivity contribution < 1.29 is 4.79 Å². The third-order valence-corrected chi connectivity index (χ3v) is 2.94. The van der Waals surface area contributed by atoms with Crippen LogP contribution in [0.25, 0.3) is 0 Å². The van der Waals surface area contributed by atoms with Crippen molar-refractivity contribution in [1.29, 1.82) is 0 Å². The molecule has 3 nitrogen and oxygen atoms in total. The molecule has 0 aliphatic heterocycles. The fourth-order valence-corrected chi connectivity index (χ4v) is 1.69. The molecule has 0 spiro atoms.